The molecule has 2 aromatic rings. The molecule has 2 heterocycles. The fraction of sp³-hybridized carbons (Fsp3) is 0. The van der Waals surface area contributed by atoms with Gasteiger partial charge >= 0.3 is 0 Å². The maximum absolute atomic E-state index is 10.9. The minimum Gasteiger partial charge on any atom is -0.365 e. The predicted octanol–water partition coefficient (Wildman–Crippen LogP) is 0.124. The average molecular weight is 174 g/mol. The number of nitrogens with zero attached hydrogens (tertiary/aromatic N) is 3. The summed E-state index contributed by atoms with van der Waals surface area (Å²) >= 11 is 0. The highest BCUT2D eigenvalue weighted by molar-refractivity contribution is 6.03. The topological polar surface area (TPSA) is 81.8 Å². The number of rotatable bonds is 1. The van der Waals surface area contributed by atoms with E-state index in [0.29, 0.717) is 16.6 Å². The molecule has 0 atom stereocenters. The number of pyridine rings is 1. The van der Waals surface area contributed by atoms with E-state index >= 15 is 0 Å². The van der Waals surface area contributed by atoms with Gasteiger partial charge in [0.25, 0.3) is 5.91 Å². The van der Waals surface area contributed by atoms with Crippen molar-refractivity contribution in [3.8, 4) is 0 Å². The molecule has 0 aliphatic carbocycles. The molecule has 0 spiro atoms. The summed E-state index contributed by atoms with van der Waals surface area (Å²) in [5.41, 5.74) is 6.49. The Morgan fingerprint density at radius 2 is 2.00 bits per heavy atom. The molecule has 2 rings (SSSR count). The van der Waals surface area contributed by atoms with E-state index in [4.69, 9.17) is 5.73 Å². The minimum atomic E-state index is -0.543. The van der Waals surface area contributed by atoms with Gasteiger partial charge in [-0.25, -0.2) is 0 Å². The lowest BCUT2D eigenvalue weighted by Crippen LogP contribution is -2.12. The second kappa shape index (κ2) is 2.78. The van der Waals surface area contributed by atoms with Crippen LogP contribution in [0.1, 0.15) is 10.4 Å². The molecule has 13 heavy (non-hydrogen) atoms. The van der Waals surface area contributed by atoms with Gasteiger partial charge in [-0.15, -0.1) is 0 Å². The largest absolute Gasteiger partial charge is 0.365 e. The third-order valence-corrected chi connectivity index (χ3v) is 1.65. The Morgan fingerprint density at radius 1 is 1.23 bits per heavy atom. The first-order valence-corrected chi connectivity index (χ1v) is 3.63. The number of nitrogens with two attached hydrogens (primary N) is 1. The summed E-state index contributed by atoms with van der Waals surface area (Å²) in [5.74, 6) is -0.543. The van der Waals surface area contributed by atoms with Gasteiger partial charge in [-0.3, -0.25) is 19.7 Å². The molecule has 0 saturated heterocycles. The van der Waals surface area contributed by atoms with E-state index in [-0.39, 0.29) is 0 Å². The van der Waals surface area contributed by atoms with Crippen molar-refractivity contribution in [2.75, 3.05) is 0 Å². The first-order valence-electron chi connectivity index (χ1n) is 3.63. The van der Waals surface area contributed by atoms with Crippen molar-refractivity contribution in [1.82, 2.24) is 15.0 Å². The lowest BCUT2D eigenvalue weighted by Gasteiger charge is -1.98. The van der Waals surface area contributed by atoms with Crippen molar-refractivity contribution in [2.45, 2.75) is 0 Å². The monoisotopic (exact) mass is 174 g/mol. The Labute approximate surface area is 73.6 Å². The highest BCUT2D eigenvalue weighted by Crippen LogP contribution is 2.10. The van der Waals surface area contributed by atoms with Crippen LogP contribution in [0.3, 0.4) is 0 Å². The van der Waals surface area contributed by atoms with Gasteiger partial charge in [0, 0.05) is 18.6 Å². The van der Waals surface area contributed by atoms with Crippen LogP contribution in [0.5, 0.6) is 0 Å². The number of amides is 1. The molecule has 0 saturated carbocycles. The number of hydrogen-bond donors (Lipinski definition) is 1. The highest BCUT2D eigenvalue weighted by Gasteiger charge is 2.07. The summed E-state index contributed by atoms with van der Waals surface area (Å²) < 4.78 is 0. The summed E-state index contributed by atoms with van der Waals surface area (Å²) in [6.45, 7) is 0. The first-order chi connectivity index (χ1) is 6.29. The molecular formula is C8H6N4O. The fourth-order valence-electron chi connectivity index (χ4n) is 1.07. The van der Waals surface area contributed by atoms with Gasteiger partial charge in [-0.05, 0) is 0 Å². The van der Waals surface area contributed by atoms with Crippen molar-refractivity contribution in [2.24, 2.45) is 5.73 Å². The number of carbonyl (C=O) groups is 1. The normalized spacial score (nSPS) is 10.2. The van der Waals surface area contributed by atoms with Gasteiger partial charge in [0.2, 0.25) is 0 Å². The van der Waals surface area contributed by atoms with Crippen LogP contribution in [0.25, 0.3) is 11.0 Å². The van der Waals surface area contributed by atoms with Gasteiger partial charge in [0.05, 0.1) is 11.8 Å². The van der Waals surface area contributed by atoms with Crippen molar-refractivity contribution >= 4 is 16.9 Å². The van der Waals surface area contributed by atoms with E-state index in [0.717, 1.165) is 0 Å². The zero-order valence-corrected chi connectivity index (χ0v) is 6.64. The van der Waals surface area contributed by atoms with Crippen molar-refractivity contribution in [3.05, 3.63) is 30.4 Å². The second-order valence-electron chi connectivity index (χ2n) is 2.48. The molecule has 0 aromatic carbocycles. The van der Waals surface area contributed by atoms with E-state index < -0.39 is 5.91 Å². The molecule has 0 unspecified atom stereocenters. The number of aromatic nitrogens is 3. The predicted molar refractivity (Wildman–Crippen MR) is 45.9 cm³/mol. The Morgan fingerprint density at radius 3 is 2.77 bits per heavy atom. The Hall–Kier alpha value is -2.04. The molecule has 0 aliphatic heterocycles. The maximum Gasteiger partial charge on any atom is 0.252 e. The smallest absolute Gasteiger partial charge is 0.252 e. The van der Waals surface area contributed by atoms with E-state index in [9.17, 15) is 4.79 Å². The zero-order chi connectivity index (χ0) is 9.26. The summed E-state index contributed by atoms with van der Waals surface area (Å²) in [4.78, 5) is 22.8. The lowest BCUT2D eigenvalue weighted by atomic mass is 10.2. The van der Waals surface area contributed by atoms with Gasteiger partial charge in [0.15, 0.2) is 0 Å². The van der Waals surface area contributed by atoms with Crippen LogP contribution in [-0.2, 0) is 0 Å². The molecule has 5 nitrogen and oxygen atoms in total. The van der Waals surface area contributed by atoms with Crippen LogP contribution in [0, 0.1) is 0 Å². The molecule has 0 fully saturated rings. The Bertz CT molecular complexity index is 463. The van der Waals surface area contributed by atoms with Crippen LogP contribution in [0.15, 0.2) is 24.8 Å². The number of fused-ring (bicyclic) bond motifs is 1. The van der Waals surface area contributed by atoms with Crippen molar-refractivity contribution in [1.29, 1.82) is 0 Å². The number of hydrogen-bond acceptors (Lipinski definition) is 4. The van der Waals surface area contributed by atoms with Crippen molar-refractivity contribution < 1.29 is 4.79 Å². The molecule has 2 aromatic heterocycles. The van der Waals surface area contributed by atoms with Gasteiger partial charge in [0.1, 0.15) is 11.0 Å². The molecule has 0 radical (unpaired) electrons. The van der Waals surface area contributed by atoms with Crippen LogP contribution in [-0.4, -0.2) is 20.9 Å². The maximum atomic E-state index is 10.9. The lowest BCUT2D eigenvalue weighted by molar-refractivity contribution is 0.100. The molecule has 2 N–H and O–H groups in total. The highest BCUT2D eigenvalue weighted by atomic mass is 16.1. The fourth-order valence-corrected chi connectivity index (χ4v) is 1.07. The average Bonchev–Trinajstić information content (AvgIpc) is 2.17. The Kier molecular flexibility index (Phi) is 1.63. The number of carbonyl (C=O) groups excluding carboxylic acids is 1. The molecular weight excluding hydrogens is 168 g/mol. The minimum absolute atomic E-state index is 0.297. The van der Waals surface area contributed by atoms with Crippen LogP contribution >= 0.6 is 0 Å². The molecule has 0 aliphatic rings. The van der Waals surface area contributed by atoms with E-state index in [1.54, 1.807) is 0 Å². The molecule has 5 heteroatoms. The van der Waals surface area contributed by atoms with Crippen LogP contribution in [0.4, 0.5) is 0 Å². The standard InChI is InChI=1S/C8H6N4O/c9-8(13)5-3-10-4-6-7(5)12-2-1-11-6/h1-4H,(H2,9,13). The van der Waals surface area contributed by atoms with E-state index in [1.807, 2.05) is 0 Å². The SMILES string of the molecule is NC(=O)c1cncc2nccnc12. The van der Waals surface area contributed by atoms with E-state index in [1.165, 1.54) is 24.8 Å². The summed E-state index contributed by atoms with van der Waals surface area (Å²) in [7, 11) is 0. The third-order valence-electron chi connectivity index (χ3n) is 1.65. The summed E-state index contributed by atoms with van der Waals surface area (Å²) in [6, 6.07) is 0. The third kappa shape index (κ3) is 1.20. The summed E-state index contributed by atoms with van der Waals surface area (Å²) in [5, 5.41) is 0. The van der Waals surface area contributed by atoms with E-state index in [2.05, 4.69) is 15.0 Å². The van der Waals surface area contributed by atoms with Gasteiger partial charge in [-0.1, -0.05) is 0 Å². The summed E-state index contributed by atoms with van der Waals surface area (Å²) in [6.07, 6.45) is 5.97. The molecule has 64 valence electrons. The molecule has 0 bridgehead atoms. The number of primary amides is 1. The van der Waals surface area contributed by atoms with Gasteiger partial charge < -0.3 is 5.73 Å². The second-order valence-corrected chi connectivity index (χ2v) is 2.48. The van der Waals surface area contributed by atoms with Gasteiger partial charge in [-0.2, -0.15) is 0 Å². The van der Waals surface area contributed by atoms with Crippen LogP contribution in [0.2, 0.25) is 0 Å². The van der Waals surface area contributed by atoms with Crippen molar-refractivity contribution in [3.63, 3.8) is 0 Å². The first kappa shape index (κ1) is 7.60. The molecule has 1 amide bonds. The Balaban J connectivity index is 2.83. The quantitative estimate of drug-likeness (QED) is 0.665. The zero-order valence-electron chi connectivity index (χ0n) is 6.64. The van der Waals surface area contributed by atoms with Crippen LogP contribution < -0.4 is 5.73 Å².